The maximum absolute atomic E-state index is 13.2. The number of rotatable bonds is 4. The van der Waals surface area contributed by atoms with Gasteiger partial charge in [-0.25, -0.2) is 4.98 Å². The molecule has 1 atom stereocenters. The van der Waals surface area contributed by atoms with Crippen LogP contribution >= 0.6 is 0 Å². The Hall–Kier alpha value is -3.23. The van der Waals surface area contributed by atoms with Crippen molar-refractivity contribution in [1.29, 1.82) is 0 Å². The molecule has 3 aromatic rings. The summed E-state index contributed by atoms with van der Waals surface area (Å²) in [6.07, 6.45) is -5.33. The third-order valence-electron chi connectivity index (χ3n) is 5.50. The van der Waals surface area contributed by atoms with Crippen LogP contribution in [-0.4, -0.2) is 16.4 Å². The Balaban J connectivity index is 1.60. The predicted molar refractivity (Wildman–Crippen MR) is 110 cm³/mol. The summed E-state index contributed by atoms with van der Waals surface area (Å²) in [5, 5.41) is 0. The summed E-state index contributed by atoms with van der Waals surface area (Å²) in [7, 11) is 0. The lowest BCUT2D eigenvalue weighted by molar-refractivity contribution is -0.143. The quantitative estimate of drug-likeness (QED) is 0.381. The highest BCUT2D eigenvalue weighted by molar-refractivity contribution is 5.58. The highest BCUT2D eigenvalue weighted by atomic mass is 19.4. The van der Waals surface area contributed by atoms with Crippen molar-refractivity contribution in [2.75, 3.05) is 6.54 Å². The van der Waals surface area contributed by atoms with Gasteiger partial charge >= 0.3 is 12.4 Å². The third kappa shape index (κ3) is 5.23. The first-order chi connectivity index (χ1) is 15.5. The van der Waals surface area contributed by atoms with Crippen LogP contribution in [0.3, 0.4) is 0 Å². The Kier molecular flexibility index (Phi) is 5.99. The molecule has 33 heavy (non-hydrogen) atoms. The molecule has 4 rings (SSSR count). The van der Waals surface area contributed by atoms with Crippen LogP contribution in [0.15, 0.2) is 65.2 Å². The monoisotopic (exact) mass is 466 g/mol. The van der Waals surface area contributed by atoms with Gasteiger partial charge in [0.1, 0.15) is 5.76 Å². The van der Waals surface area contributed by atoms with Crippen molar-refractivity contribution in [3.8, 4) is 11.5 Å². The van der Waals surface area contributed by atoms with Gasteiger partial charge in [0, 0.05) is 24.6 Å². The van der Waals surface area contributed by atoms with Crippen LogP contribution in [0.5, 0.6) is 0 Å². The van der Waals surface area contributed by atoms with Crippen LogP contribution < -0.4 is 0 Å². The molecule has 1 aromatic heterocycles. The lowest BCUT2D eigenvalue weighted by Gasteiger charge is -2.27. The van der Waals surface area contributed by atoms with E-state index in [-0.39, 0.29) is 23.4 Å². The van der Waals surface area contributed by atoms with Crippen LogP contribution in [0.4, 0.5) is 26.3 Å². The predicted octanol–water partition coefficient (Wildman–Crippen LogP) is 7.19. The summed E-state index contributed by atoms with van der Waals surface area (Å²) in [5.41, 5.74) is -1.51. The first kappa shape index (κ1) is 22.9. The molecular formula is C24H20F6N2O. The summed E-state index contributed by atoms with van der Waals surface area (Å²) >= 11 is 0. The van der Waals surface area contributed by atoms with Gasteiger partial charge in [0.25, 0.3) is 0 Å². The van der Waals surface area contributed by atoms with Crippen molar-refractivity contribution in [1.82, 2.24) is 9.88 Å². The molecule has 9 heteroatoms. The smallest absolute Gasteiger partial charge is 0.416 e. The molecule has 1 aliphatic rings. The molecule has 1 aliphatic heterocycles. The fourth-order valence-corrected chi connectivity index (χ4v) is 3.83. The van der Waals surface area contributed by atoms with Crippen molar-refractivity contribution in [2.24, 2.45) is 0 Å². The molecule has 0 amide bonds. The van der Waals surface area contributed by atoms with Gasteiger partial charge in [0.15, 0.2) is 0 Å². The Morgan fingerprint density at radius 2 is 1.61 bits per heavy atom. The van der Waals surface area contributed by atoms with Crippen molar-refractivity contribution in [3.05, 3.63) is 89.0 Å². The van der Waals surface area contributed by atoms with E-state index in [2.05, 4.69) is 9.88 Å². The van der Waals surface area contributed by atoms with Gasteiger partial charge in [0.05, 0.1) is 16.8 Å². The number of benzene rings is 2. The zero-order valence-corrected chi connectivity index (χ0v) is 17.5. The van der Waals surface area contributed by atoms with Gasteiger partial charge in [-0.2, -0.15) is 26.3 Å². The molecule has 1 unspecified atom stereocenters. The molecule has 0 saturated carbocycles. The highest BCUT2D eigenvalue weighted by Crippen LogP contribution is 2.39. The number of aromatic nitrogens is 1. The van der Waals surface area contributed by atoms with Gasteiger partial charge in [-0.3, -0.25) is 0 Å². The van der Waals surface area contributed by atoms with Crippen LogP contribution in [0.1, 0.15) is 40.5 Å². The molecule has 0 saturated heterocycles. The average molecular weight is 466 g/mol. The van der Waals surface area contributed by atoms with E-state index in [1.807, 2.05) is 42.6 Å². The Morgan fingerprint density at radius 3 is 2.15 bits per heavy atom. The second-order valence-corrected chi connectivity index (χ2v) is 7.95. The maximum Gasteiger partial charge on any atom is 0.416 e. The first-order valence-electron chi connectivity index (χ1n) is 10.2. The first-order valence-corrected chi connectivity index (χ1v) is 10.2. The van der Waals surface area contributed by atoms with Crippen molar-refractivity contribution in [3.63, 3.8) is 0 Å². The second kappa shape index (κ2) is 8.61. The van der Waals surface area contributed by atoms with E-state index < -0.39 is 23.5 Å². The highest BCUT2D eigenvalue weighted by Gasteiger charge is 2.37. The van der Waals surface area contributed by atoms with E-state index in [0.29, 0.717) is 30.0 Å². The lowest BCUT2D eigenvalue weighted by atomic mass is 9.97. The molecule has 174 valence electrons. The number of allylic oxidation sites excluding steroid dienone is 1. The molecule has 0 bridgehead atoms. The minimum absolute atomic E-state index is 0.0887. The van der Waals surface area contributed by atoms with Crippen molar-refractivity contribution < 1.29 is 30.8 Å². The third-order valence-corrected chi connectivity index (χ3v) is 5.50. The van der Waals surface area contributed by atoms with E-state index >= 15 is 0 Å². The number of alkyl halides is 6. The number of hydrogen-bond acceptors (Lipinski definition) is 3. The molecule has 0 spiro atoms. The normalized spacial score (nSPS) is 16.9. The molecule has 0 radical (unpaired) electrons. The average Bonchev–Trinajstić information content (AvgIpc) is 3.15. The molecule has 2 aromatic carbocycles. The van der Waals surface area contributed by atoms with Crippen LogP contribution in [0.25, 0.3) is 11.5 Å². The van der Waals surface area contributed by atoms with Crippen LogP contribution in [0.2, 0.25) is 0 Å². The number of hydrogen-bond donors (Lipinski definition) is 0. The van der Waals surface area contributed by atoms with Crippen molar-refractivity contribution in [2.45, 2.75) is 38.2 Å². The second-order valence-electron chi connectivity index (χ2n) is 7.95. The molecule has 2 heterocycles. The summed E-state index contributed by atoms with van der Waals surface area (Å²) in [6.45, 7) is 3.06. The fraction of sp³-hybridized carbons (Fsp3) is 0.292. The number of halogens is 6. The van der Waals surface area contributed by atoms with Crippen LogP contribution in [-0.2, 0) is 18.9 Å². The minimum atomic E-state index is -4.94. The van der Waals surface area contributed by atoms with Gasteiger partial charge < -0.3 is 9.32 Å². The lowest BCUT2D eigenvalue weighted by Crippen LogP contribution is -2.23. The number of oxazole rings is 1. The summed E-state index contributed by atoms with van der Waals surface area (Å²) in [5.74, 6) is -0.0521. The zero-order chi connectivity index (χ0) is 23.8. The van der Waals surface area contributed by atoms with Crippen LogP contribution in [0, 0.1) is 6.92 Å². The standard InChI is InChI=1S/C24H20F6N2O/c1-15-21(17-7-9-32(10-8-17)14-16-5-3-2-4-6-16)31-22(33-15)18-11-19(23(25,26)27)13-20(12-18)24(28,29)30/h2-7,9,11-13,17H,8,10,14H2,1H3. The maximum atomic E-state index is 13.2. The fourth-order valence-electron chi connectivity index (χ4n) is 3.83. The summed E-state index contributed by atoms with van der Waals surface area (Å²) in [4.78, 5) is 6.42. The van der Waals surface area contributed by atoms with E-state index in [1.54, 1.807) is 6.92 Å². The number of nitrogens with zero attached hydrogens (tertiary/aromatic N) is 2. The van der Waals surface area contributed by atoms with Gasteiger partial charge in [0.2, 0.25) is 5.89 Å². The van der Waals surface area contributed by atoms with E-state index in [1.165, 1.54) is 0 Å². The SMILES string of the molecule is Cc1oc(-c2cc(C(F)(F)F)cc(C(F)(F)F)c2)nc1C1C=CN(Cc2ccccc2)CC1. The molecule has 3 nitrogen and oxygen atoms in total. The molecule has 0 fully saturated rings. The Labute approximate surface area is 186 Å². The topological polar surface area (TPSA) is 29.3 Å². The van der Waals surface area contributed by atoms with E-state index in [9.17, 15) is 26.3 Å². The molecule has 0 aliphatic carbocycles. The van der Waals surface area contributed by atoms with Crippen molar-refractivity contribution >= 4 is 0 Å². The largest absolute Gasteiger partial charge is 0.441 e. The summed E-state index contributed by atoms with van der Waals surface area (Å²) < 4.78 is 84.6. The zero-order valence-electron chi connectivity index (χ0n) is 17.5. The Morgan fingerprint density at radius 1 is 0.970 bits per heavy atom. The molecule has 0 N–H and O–H groups in total. The van der Waals surface area contributed by atoms with Gasteiger partial charge in [-0.15, -0.1) is 0 Å². The summed E-state index contributed by atoms with van der Waals surface area (Å²) in [6, 6.07) is 11.3. The molecular weight excluding hydrogens is 446 g/mol. The number of aryl methyl sites for hydroxylation is 1. The van der Waals surface area contributed by atoms with E-state index in [4.69, 9.17) is 4.42 Å². The Bertz CT molecular complexity index is 1120. The van der Waals surface area contributed by atoms with Gasteiger partial charge in [-0.1, -0.05) is 36.4 Å². The van der Waals surface area contributed by atoms with E-state index in [0.717, 1.165) is 18.7 Å². The van der Waals surface area contributed by atoms with Gasteiger partial charge in [-0.05, 0) is 43.3 Å². The minimum Gasteiger partial charge on any atom is -0.441 e.